The quantitative estimate of drug-likeness (QED) is 0.335. The van der Waals surface area contributed by atoms with E-state index in [0.717, 1.165) is 14.6 Å². The standard InChI is InChI=1S/C18H12BrCl2N3O3S2/c19-9-5-6-12(11(20)7-9)27-8-14(25)23-24-18(28)22-17(26)16-15(21)10-3-1-2-4-13(10)29-16/h1-7H,8H2,(H,23,25)(H2,22,24,26,28). The van der Waals surface area contributed by atoms with Gasteiger partial charge in [0.05, 0.1) is 10.0 Å². The van der Waals surface area contributed by atoms with Crippen LogP contribution in [0.4, 0.5) is 0 Å². The number of hydrazine groups is 1. The number of carbonyl (C=O) groups excluding carboxylic acids is 2. The van der Waals surface area contributed by atoms with Crippen molar-refractivity contribution in [2.75, 3.05) is 6.61 Å². The number of fused-ring (bicyclic) bond motifs is 1. The number of thiocarbonyl (C=S) groups is 1. The predicted octanol–water partition coefficient (Wildman–Crippen LogP) is 4.69. The lowest BCUT2D eigenvalue weighted by atomic mass is 10.2. The van der Waals surface area contributed by atoms with E-state index in [-0.39, 0.29) is 11.7 Å². The molecule has 29 heavy (non-hydrogen) atoms. The molecule has 0 aliphatic carbocycles. The number of hydrogen-bond donors (Lipinski definition) is 3. The molecule has 3 rings (SSSR count). The molecule has 11 heteroatoms. The monoisotopic (exact) mass is 531 g/mol. The first-order valence-electron chi connectivity index (χ1n) is 8.00. The molecule has 0 fully saturated rings. The topological polar surface area (TPSA) is 79.5 Å². The molecule has 0 saturated heterocycles. The molecule has 0 saturated carbocycles. The Morgan fingerprint density at radius 2 is 1.90 bits per heavy atom. The van der Waals surface area contributed by atoms with Crippen LogP contribution in [0, 0.1) is 0 Å². The maximum Gasteiger partial charge on any atom is 0.276 e. The van der Waals surface area contributed by atoms with Crippen LogP contribution in [-0.2, 0) is 4.79 Å². The second kappa shape index (κ2) is 9.73. The van der Waals surface area contributed by atoms with Crippen molar-refractivity contribution in [2.24, 2.45) is 0 Å². The van der Waals surface area contributed by atoms with Crippen molar-refractivity contribution >= 4 is 89.7 Å². The first-order chi connectivity index (χ1) is 13.8. The highest BCUT2D eigenvalue weighted by Gasteiger charge is 2.18. The van der Waals surface area contributed by atoms with Gasteiger partial charge in [0.2, 0.25) is 0 Å². The highest BCUT2D eigenvalue weighted by atomic mass is 79.9. The van der Waals surface area contributed by atoms with Gasteiger partial charge in [-0.05, 0) is 36.5 Å². The molecule has 0 aliphatic rings. The molecule has 0 aliphatic heterocycles. The van der Waals surface area contributed by atoms with E-state index < -0.39 is 11.8 Å². The SMILES string of the molecule is O=C(COc1ccc(Br)cc1Cl)NNC(=S)NC(=O)c1sc2ccccc2c1Cl. The molecule has 2 amide bonds. The molecule has 0 spiro atoms. The molecule has 0 unspecified atom stereocenters. The van der Waals surface area contributed by atoms with Crippen LogP contribution < -0.4 is 20.9 Å². The molecule has 150 valence electrons. The Morgan fingerprint density at radius 1 is 1.14 bits per heavy atom. The summed E-state index contributed by atoms with van der Waals surface area (Å²) >= 11 is 21.8. The molecule has 0 atom stereocenters. The van der Waals surface area contributed by atoms with E-state index in [1.54, 1.807) is 18.2 Å². The number of rotatable bonds is 4. The Balaban J connectivity index is 1.49. The van der Waals surface area contributed by atoms with Gasteiger partial charge < -0.3 is 4.74 Å². The number of benzene rings is 2. The summed E-state index contributed by atoms with van der Waals surface area (Å²) in [7, 11) is 0. The average Bonchev–Trinajstić information content (AvgIpc) is 3.03. The molecule has 6 nitrogen and oxygen atoms in total. The fourth-order valence-corrected chi connectivity index (χ4v) is 4.53. The zero-order chi connectivity index (χ0) is 21.0. The minimum Gasteiger partial charge on any atom is -0.482 e. The highest BCUT2D eigenvalue weighted by Crippen LogP contribution is 2.35. The van der Waals surface area contributed by atoms with Crippen molar-refractivity contribution in [3.8, 4) is 5.75 Å². The van der Waals surface area contributed by atoms with Crippen molar-refractivity contribution in [3.63, 3.8) is 0 Å². The average molecular weight is 533 g/mol. The summed E-state index contributed by atoms with van der Waals surface area (Å²) in [6, 6.07) is 12.4. The Kier molecular flexibility index (Phi) is 7.31. The van der Waals surface area contributed by atoms with E-state index in [9.17, 15) is 9.59 Å². The van der Waals surface area contributed by atoms with Crippen LogP contribution >= 0.6 is 62.7 Å². The van der Waals surface area contributed by atoms with E-state index >= 15 is 0 Å². The summed E-state index contributed by atoms with van der Waals surface area (Å²) in [5.74, 6) is -0.623. The van der Waals surface area contributed by atoms with Gasteiger partial charge in [-0.25, -0.2) is 0 Å². The van der Waals surface area contributed by atoms with Gasteiger partial charge in [-0.1, -0.05) is 57.3 Å². The summed E-state index contributed by atoms with van der Waals surface area (Å²) in [4.78, 5) is 24.6. The minimum absolute atomic E-state index is 0.0847. The number of halogens is 3. The highest BCUT2D eigenvalue weighted by molar-refractivity contribution is 9.10. The van der Waals surface area contributed by atoms with Gasteiger partial charge in [-0.3, -0.25) is 25.8 Å². The van der Waals surface area contributed by atoms with Crippen LogP contribution in [0.1, 0.15) is 9.67 Å². The molecule has 1 aromatic heterocycles. The predicted molar refractivity (Wildman–Crippen MR) is 123 cm³/mol. The fraction of sp³-hybridized carbons (Fsp3) is 0.0556. The molecule has 2 aromatic carbocycles. The maximum absolute atomic E-state index is 12.4. The Labute approximate surface area is 193 Å². The van der Waals surface area contributed by atoms with Crippen molar-refractivity contribution in [3.05, 3.63) is 61.9 Å². The minimum atomic E-state index is -0.513. The lowest BCUT2D eigenvalue weighted by Gasteiger charge is -2.11. The largest absolute Gasteiger partial charge is 0.482 e. The van der Waals surface area contributed by atoms with Gasteiger partial charge in [0, 0.05) is 14.6 Å². The number of nitrogens with one attached hydrogen (secondary N) is 3. The second-order valence-corrected chi connectivity index (χ2v) is 8.72. The molecule has 0 bridgehead atoms. The normalized spacial score (nSPS) is 10.4. The molecule has 0 radical (unpaired) electrons. The summed E-state index contributed by atoms with van der Waals surface area (Å²) in [5.41, 5.74) is 4.77. The van der Waals surface area contributed by atoms with Crippen LogP contribution in [0.25, 0.3) is 10.1 Å². The number of hydrogen-bond acceptors (Lipinski definition) is 5. The van der Waals surface area contributed by atoms with Gasteiger partial charge >= 0.3 is 0 Å². The molecular formula is C18H12BrCl2N3O3S2. The van der Waals surface area contributed by atoms with E-state index in [1.807, 2.05) is 24.3 Å². The van der Waals surface area contributed by atoms with E-state index in [4.69, 9.17) is 40.2 Å². The maximum atomic E-state index is 12.4. The van der Waals surface area contributed by atoms with Crippen molar-refractivity contribution in [2.45, 2.75) is 0 Å². The zero-order valence-corrected chi connectivity index (χ0v) is 19.2. The lowest BCUT2D eigenvalue weighted by Crippen LogP contribution is -2.49. The van der Waals surface area contributed by atoms with Gasteiger partial charge in [0.1, 0.15) is 10.6 Å². The lowest BCUT2D eigenvalue weighted by molar-refractivity contribution is -0.123. The number of carbonyl (C=O) groups is 2. The van der Waals surface area contributed by atoms with Crippen LogP contribution in [0.15, 0.2) is 46.9 Å². The third kappa shape index (κ3) is 5.58. The fourth-order valence-electron chi connectivity index (χ4n) is 2.25. The molecule has 3 aromatic rings. The molecule has 3 N–H and O–H groups in total. The smallest absolute Gasteiger partial charge is 0.276 e. The Morgan fingerprint density at radius 3 is 2.62 bits per heavy atom. The summed E-state index contributed by atoms with van der Waals surface area (Å²) in [6.45, 7) is -0.299. The second-order valence-electron chi connectivity index (χ2n) is 5.56. The van der Waals surface area contributed by atoms with E-state index in [1.165, 1.54) is 11.3 Å². The Hall–Kier alpha value is -1.91. The van der Waals surface area contributed by atoms with Crippen molar-refractivity contribution in [1.29, 1.82) is 0 Å². The summed E-state index contributed by atoms with van der Waals surface area (Å²) in [5, 5.41) is 3.90. The van der Waals surface area contributed by atoms with Crippen LogP contribution in [0.5, 0.6) is 5.75 Å². The summed E-state index contributed by atoms with van der Waals surface area (Å²) < 4.78 is 7.01. The first-order valence-corrected chi connectivity index (χ1v) is 10.8. The number of ether oxygens (including phenoxy) is 1. The Bertz CT molecular complexity index is 1110. The van der Waals surface area contributed by atoms with E-state index in [2.05, 4.69) is 32.1 Å². The van der Waals surface area contributed by atoms with Gasteiger partial charge in [-0.15, -0.1) is 11.3 Å². The number of amides is 2. The van der Waals surface area contributed by atoms with Crippen molar-refractivity contribution < 1.29 is 14.3 Å². The van der Waals surface area contributed by atoms with Crippen LogP contribution in [-0.4, -0.2) is 23.5 Å². The zero-order valence-electron chi connectivity index (χ0n) is 14.4. The van der Waals surface area contributed by atoms with Gasteiger partial charge in [0.15, 0.2) is 11.7 Å². The first kappa shape index (κ1) is 21.8. The molecular weight excluding hydrogens is 521 g/mol. The van der Waals surface area contributed by atoms with Crippen molar-refractivity contribution in [1.82, 2.24) is 16.2 Å². The third-order valence-electron chi connectivity index (χ3n) is 3.54. The third-order valence-corrected chi connectivity index (χ3v) is 6.20. The van der Waals surface area contributed by atoms with Gasteiger partial charge in [-0.2, -0.15) is 0 Å². The molecule has 1 heterocycles. The van der Waals surface area contributed by atoms with Crippen LogP contribution in [0.2, 0.25) is 10.0 Å². The van der Waals surface area contributed by atoms with Gasteiger partial charge in [0.25, 0.3) is 11.8 Å². The van der Waals surface area contributed by atoms with Crippen LogP contribution in [0.3, 0.4) is 0 Å². The number of thiophene rings is 1. The van der Waals surface area contributed by atoms with E-state index in [0.29, 0.717) is 20.7 Å². The summed E-state index contributed by atoms with van der Waals surface area (Å²) in [6.07, 6.45) is 0.